The molecule has 0 aliphatic heterocycles. The van der Waals surface area contributed by atoms with Gasteiger partial charge in [0.05, 0.1) is 0 Å². The number of fused-ring (bicyclic) bond motifs is 3. The van der Waals surface area contributed by atoms with Crippen molar-refractivity contribution in [1.29, 1.82) is 0 Å². The number of hydrogen-bond acceptors (Lipinski definition) is 4. The van der Waals surface area contributed by atoms with E-state index in [1.54, 1.807) is 0 Å². The predicted molar refractivity (Wildman–Crippen MR) is 273 cm³/mol. The van der Waals surface area contributed by atoms with Gasteiger partial charge in [-0.15, -0.1) is 107 Å². The van der Waals surface area contributed by atoms with E-state index < -0.39 is 0 Å². The van der Waals surface area contributed by atoms with Gasteiger partial charge in [0, 0.05) is 34.9 Å². The van der Waals surface area contributed by atoms with Crippen LogP contribution in [0.15, 0.2) is 199 Å². The number of aromatic nitrogens is 3. The van der Waals surface area contributed by atoms with Gasteiger partial charge in [-0.05, 0) is 112 Å². The Morgan fingerprint density at radius 2 is 0.985 bits per heavy atom. The Kier molecular flexibility index (Phi) is 12.8. The summed E-state index contributed by atoms with van der Waals surface area (Å²) in [4.78, 5) is 14.3. The summed E-state index contributed by atoms with van der Waals surface area (Å²) in [5.74, 6) is 0. The van der Waals surface area contributed by atoms with Gasteiger partial charge in [0.2, 0.25) is 0 Å². The topological polar surface area (TPSA) is 51.8 Å². The van der Waals surface area contributed by atoms with Crippen molar-refractivity contribution in [2.45, 2.75) is 39.5 Å². The molecule has 68 heavy (non-hydrogen) atoms. The fraction of sp³-hybridized carbons (Fsp3) is 0.0952. The van der Waals surface area contributed by atoms with Crippen LogP contribution in [0, 0.1) is 32.0 Å². The van der Waals surface area contributed by atoms with Crippen LogP contribution in [0.2, 0.25) is 0 Å². The van der Waals surface area contributed by atoms with Crippen LogP contribution in [0.1, 0.15) is 33.4 Å². The van der Waals surface area contributed by atoms with Crippen LogP contribution in [-0.4, -0.2) is 15.0 Å². The molecule has 0 bridgehead atoms. The maximum absolute atomic E-state index is 6.43. The number of pyridine rings is 3. The first kappa shape index (κ1) is 44.3. The zero-order valence-corrected chi connectivity index (χ0v) is 40.3. The van der Waals surface area contributed by atoms with E-state index in [9.17, 15) is 0 Å². The summed E-state index contributed by atoms with van der Waals surface area (Å²) in [7, 11) is 0. The molecule has 0 saturated carbocycles. The van der Waals surface area contributed by atoms with Crippen molar-refractivity contribution >= 4 is 21.9 Å². The molecule has 5 heteroatoms. The number of benzene rings is 7. The first-order valence-electron chi connectivity index (χ1n) is 23.0. The molecule has 0 aliphatic carbocycles. The van der Waals surface area contributed by atoms with Crippen LogP contribution in [0.25, 0.3) is 89.1 Å². The maximum Gasteiger partial charge on any atom is 3.00 e. The minimum atomic E-state index is 0. The largest absolute Gasteiger partial charge is 3.00 e. The minimum Gasteiger partial charge on any atom is -0.456 e. The van der Waals surface area contributed by atoms with Crippen molar-refractivity contribution in [3.8, 4) is 67.2 Å². The van der Waals surface area contributed by atoms with Crippen molar-refractivity contribution in [2.75, 3.05) is 0 Å². The van der Waals surface area contributed by atoms with E-state index in [0.29, 0.717) is 0 Å². The molecule has 4 heterocycles. The minimum absolute atomic E-state index is 0. The first-order valence-corrected chi connectivity index (χ1v) is 23.0. The Morgan fingerprint density at radius 3 is 1.60 bits per heavy atom. The van der Waals surface area contributed by atoms with Crippen LogP contribution in [0.3, 0.4) is 0 Å². The second kappa shape index (κ2) is 19.7. The van der Waals surface area contributed by atoms with Gasteiger partial charge in [-0.25, -0.2) is 0 Å². The Labute approximate surface area is 411 Å². The Morgan fingerprint density at radius 1 is 0.397 bits per heavy atom. The molecule has 4 nitrogen and oxygen atoms in total. The van der Waals surface area contributed by atoms with Gasteiger partial charge >= 0.3 is 20.1 Å². The molecule has 0 atom stereocenters. The van der Waals surface area contributed by atoms with Crippen molar-refractivity contribution in [1.82, 2.24) is 15.0 Å². The van der Waals surface area contributed by atoms with E-state index in [0.717, 1.165) is 120 Å². The SMILES string of the molecule is Cc1ccc(-c2[c-]cc(CCc3cc(CCc4c[c-]c(-c5ccc(C)cn5)cc4)cc(-c4ccccc4-c4cnc(-c5[c-]cccc5)cc4-c4ccc5c(c4)oc4ccccc45)c3)cc2)nc1.[Ir+3]. The number of rotatable bonds is 12. The van der Waals surface area contributed by atoms with Crippen molar-refractivity contribution in [3.05, 3.63) is 246 Å². The summed E-state index contributed by atoms with van der Waals surface area (Å²) in [5, 5.41) is 2.22. The third-order valence-electron chi connectivity index (χ3n) is 12.7. The fourth-order valence-corrected chi connectivity index (χ4v) is 9.05. The van der Waals surface area contributed by atoms with Crippen LogP contribution in [0.4, 0.5) is 0 Å². The standard InChI is InChI=1S/C63H46N3O.Ir/c1-42-16-32-59(64-39-42)49-26-22-44(23-27-49)18-20-46-34-47(21-19-45-24-28-50(29-25-45)60-33-17-43(2)40-65-60)36-52(35-46)53-12-6-7-13-54(53)58-41-66-61(48-10-4-3-5-11-48)38-57(58)51-30-31-56-55-14-8-9-15-62(55)67-63(56)37-51;/h3-10,12-17,22-26,28,30-41H,18-21H2,1-2H3;/q-3;+3. The summed E-state index contributed by atoms with van der Waals surface area (Å²) in [5.41, 5.74) is 21.5. The summed E-state index contributed by atoms with van der Waals surface area (Å²) < 4.78 is 6.43. The number of aryl methyl sites for hydroxylation is 6. The molecule has 7 aromatic carbocycles. The summed E-state index contributed by atoms with van der Waals surface area (Å²) in [6, 6.07) is 72.7. The molecule has 0 saturated heterocycles. The van der Waals surface area contributed by atoms with Crippen molar-refractivity contribution in [3.63, 3.8) is 0 Å². The number of nitrogens with zero attached hydrogens (tertiary/aromatic N) is 3. The molecule has 0 unspecified atom stereocenters. The molecule has 0 spiro atoms. The normalized spacial score (nSPS) is 11.2. The van der Waals surface area contributed by atoms with Gasteiger partial charge in [-0.2, -0.15) is 0 Å². The Bertz CT molecular complexity index is 3400. The number of hydrogen-bond donors (Lipinski definition) is 0. The molecular formula is C63H46IrN3O. The fourth-order valence-electron chi connectivity index (χ4n) is 9.05. The van der Waals surface area contributed by atoms with Crippen LogP contribution in [-0.2, 0) is 45.8 Å². The average Bonchev–Trinajstić information content (AvgIpc) is 3.76. The summed E-state index contributed by atoms with van der Waals surface area (Å²) in [6.07, 6.45) is 9.41. The molecule has 0 aliphatic rings. The van der Waals surface area contributed by atoms with Crippen molar-refractivity contribution < 1.29 is 24.5 Å². The van der Waals surface area contributed by atoms with Gasteiger partial charge in [-0.3, -0.25) is 0 Å². The van der Waals surface area contributed by atoms with E-state index in [1.165, 1.54) is 27.8 Å². The average molecular weight is 1050 g/mol. The molecule has 4 aromatic heterocycles. The molecule has 11 aromatic rings. The summed E-state index contributed by atoms with van der Waals surface area (Å²) >= 11 is 0. The van der Waals surface area contributed by atoms with Crippen LogP contribution >= 0.6 is 0 Å². The summed E-state index contributed by atoms with van der Waals surface area (Å²) in [6.45, 7) is 4.12. The molecule has 0 N–H and O–H groups in total. The van der Waals surface area contributed by atoms with Gasteiger partial charge in [0.15, 0.2) is 0 Å². The smallest absolute Gasteiger partial charge is 0.456 e. The quantitative estimate of drug-likeness (QED) is 0.114. The van der Waals surface area contributed by atoms with E-state index >= 15 is 0 Å². The maximum atomic E-state index is 6.43. The van der Waals surface area contributed by atoms with E-state index in [1.807, 2.05) is 48.9 Å². The number of furan rings is 1. The molecule has 0 radical (unpaired) electrons. The molecule has 11 rings (SSSR count). The second-order valence-corrected chi connectivity index (χ2v) is 17.4. The van der Waals surface area contributed by atoms with E-state index in [-0.39, 0.29) is 20.1 Å². The van der Waals surface area contributed by atoms with Crippen LogP contribution in [0.5, 0.6) is 0 Å². The van der Waals surface area contributed by atoms with E-state index in [4.69, 9.17) is 9.40 Å². The van der Waals surface area contributed by atoms with Gasteiger partial charge in [0.25, 0.3) is 0 Å². The van der Waals surface area contributed by atoms with Gasteiger partial charge < -0.3 is 19.4 Å². The molecule has 328 valence electrons. The second-order valence-electron chi connectivity index (χ2n) is 17.4. The molecular weight excluding hydrogens is 1010 g/mol. The third kappa shape index (κ3) is 9.50. The van der Waals surface area contributed by atoms with Gasteiger partial charge in [0.1, 0.15) is 11.2 Å². The predicted octanol–water partition coefficient (Wildman–Crippen LogP) is 15.4. The van der Waals surface area contributed by atoms with Gasteiger partial charge in [-0.1, -0.05) is 110 Å². The molecule has 0 fully saturated rings. The number of para-hydroxylation sites is 1. The monoisotopic (exact) mass is 1050 g/mol. The Hall–Kier alpha value is -7.56. The first-order chi connectivity index (χ1) is 33.0. The van der Waals surface area contributed by atoms with E-state index in [2.05, 4.69) is 188 Å². The zero-order valence-electron chi connectivity index (χ0n) is 37.9. The van der Waals surface area contributed by atoms with Crippen LogP contribution < -0.4 is 0 Å². The third-order valence-corrected chi connectivity index (χ3v) is 12.7. The Balaban J connectivity index is 0.00000539. The molecule has 0 amide bonds. The zero-order chi connectivity index (χ0) is 45.1. The van der Waals surface area contributed by atoms with Crippen molar-refractivity contribution in [2.24, 2.45) is 0 Å².